The lowest BCUT2D eigenvalue weighted by Gasteiger charge is -2.30. The molecule has 4 rings (SSSR count). The van der Waals surface area contributed by atoms with Crippen LogP contribution < -0.4 is 15.3 Å². The molecule has 0 radical (unpaired) electrons. The van der Waals surface area contributed by atoms with Crippen LogP contribution in [0.25, 0.3) is 0 Å². The summed E-state index contributed by atoms with van der Waals surface area (Å²) in [6.45, 7) is 1.16. The first kappa shape index (κ1) is 15.9. The Morgan fingerprint density at radius 2 is 2.00 bits per heavy atom. The van der Waals surface area contributed by atoms with Gasteiger partial charge in [-0.25, -0.2) is 18.0 Å². The smallest absolute Gasteiger partial charge is 0.352 e. The molecule has 0 spiro atoms. The molecule has 1 unspecified atom stereocenters. The highest BCUT2D eigenvalue weighted by Crippen LogP contribution is 2.30. The quantitative estimate of drug-likeness (QED) is 0.788. The van der Waals surface area contributed by atoms with Crippen molar-refractivity contribution in [3.8, 4) is 5.88 Å². The number of aromatic nitrogens is 2. The molecule has 0 aliphatic carbocycles. The van der Waals surface area contributed by atoms with E-state index < -0.39 is 23.1 Å². The minimum absolute atomic E-state index is 0.00777. The molecule has 9 heteroatoms. The standard InChI is InChI=1S/C16H14F3N3O3/c17-11-4-13(19)12(18)3-9(11)7-25-14-5-15-21(16(23)20-14)6-10-1-2-24-8-22(10)15/h3-5,10H,1-2,6-8H2. The first-order valence-electron chi connectivity index (χ1n) is 7.75. The van der Waals surface area contributed by atoms with Gasteiger partial charge in [0.2, 0.25) is 5.88 Å². The van der Waals surface area contributed by atoms with Crippen molar-refractivity contribution in [2.45, 2.75) is 25.6 Å². The van der Waals surface area contributed by atoms with E-state index in [1.807, 2.05) is 4.90 Å². The predicted octanol–water partition coefficient (Wildman–Crippen LogP) is 1.81. The molecule has 1 fully saturated rings. The maximum absolute atomic E-state index is 13.7. The summed E-state index contributed by atoms with van der Waals surface area (Å²) in [5.41, 5.74) is -0.645. The zero-order chi connectivity index (χ0) is 17.6. The topological polar surface area (TPSA) is 56.6 Å². The molecule has 0 bridgehead atoms. The molecule has 132 valence electrons. The first-order valence-corrected chi connectivity index (χ1v) is 7.75. The zero-order valence-electron chi connectivity index (χ0n) is 13.0. The Bertz CT molecular complexity index is 887. The number of rotatable bonds is 3. The molecule has 1 aromatic carbocycles. The molecule has 0 saturated carbocycles. The van der Waals surface area contributed by atoms with Crippen LogP contribution in [0.1, 0.15) is 12.0 Å². The van der Waals surface area contributed by atoms with Gasteiger partial charge in [0, 0.05) is 24.2 Å². The zero-order valence-corrected chi connectivity index (χ0v) is 13.0. The number of hydrogen-bond donors (Lipinski definition) is 0. The van der Waals surface area contributed by atoms with Crippen molar-refractivity contribution in [3.05, 3.63) is 51.7 Å². The minimum Gasteiger partial charge on any atom is -0.472 e. The van der Waals surface area contributed by atoms with Gasteiger partial charge in [0.15, 0.2) is 11.6 Å². The number of hydrogen-bond acceptors (Lipinski definition) is 5. The van der Waals surface area contributed by atoms with E-state index in [-0.39, 0.29) is 24.1 Å². The third kappa shape index (κ3) is 2.84. The third-order valence-corrected chi connectivity index (χ3v) is 4.38. The summed E-state index contributed by atoms with van der Waals surface area (Å²) in [5, 5.41) is 0. The summed E-state index contributed by atoms with van der Waals surface area (Å²) in [4.78, 5) is 17.9. The molecule has 3 heterocycles. The van der Waals surface area contributed by atoms with E-state index >= 15 is 0 Å². The van der Waals surface area contributed by atoms with Crippen LogP contribution in [0.5, 0.6) is 5.88 Å². The van der Waals surface area contributed by atoms with Crippen LogP contribution in [0.3, 0.4) is 0 Å². The lowest BCUT2D eigenvalue weighted by atomic mass is 10.2. The van der Waals surface area contributed by atoms with E-state index in [1.165, 1.54) is 4.57 Å². The fourth-order valence-corrected chi connectivity index (χ4v) is 3.08. The fraction of sp³-hybridized carbons (Fsp3) is 0.375. The fourth-order valence-electron chi connectivity index (χ4n) is 3.08. The van der Waals surface area contributed by atoms with Gasteiger partial charge in [-0.3, -0.25) is 4.57 Å². The largest absolute Gasteiger partial charge is 0.472 e. The van der Waals surface area contributed by atoms with Crippen LogP contribution >= 0.6 is 0 Å². The van der Waals surface area contributed by atoms with Crippen LogP contribution in [-0.4, -0.2) is 28.9 Å². The van der Waals surface area contributed by atoms with E-state index in [1.54, 1.807) is 6.07 Å². The van der Waals surface area contributed by atoms with Gasteiger partial charge in [0.05, 0.1) is 12.6 Å². The summed E-state index contributed by atoms with van der Waals surface area (Å²) in [5.74, 6) is -2.76. The molecule has 6 nitrogen and oxygen atoms in total. The molecule has 25 heavy (non-hydrogen) atoms. The lowest BCUT2D eigenvalue weighted by molar-refractivity contribution is 0.0903. The highest BCUT2D eigenvalue weighted by atomic mass is 19.2. The van der Waals surface area contributed by atoms with Gasteiger partial charge in [-0.15, -0.1) is 0 Å². The maximum atomic E-state index is 13.7. The van der Waals surface area contributed by atoms with Crippen molar-refractivity contribution in [1.29, 1.82) is 0 Å². The van der Waals surface area contributed by atoms with Gasteiger partial charge in [-0.05, 0) is 12.5 Å². The Morgan fingerprint density at radius 3 is 2.84 bits per heavy atom. The van der Waals surface area contributed by atoms with E-state index in [0.29, 0.717) is 31.8 Å². The Balaban J connectivity index is 1.58. The molecular weight excluding hydrogens is 339 g/mol. The monoisotopic (exact) mass is 353 g/mol. The molecule has 2 aromatic rings. The number of ether oxygens (including phenoxy) is 2. The number of fused-ring (bicyclic) bond motifs is 3. The van der Waals surface area contributed by atoms with Gasteiger partial charge >= 0.3 is 5.69 Å². The highest BCUT2D eigenvalue weighted by Gasteiger charge is 2.33. The lowest BCUT2D eigenvalue weighted by Crippen LogP contribution is -2.39. The highest BCUT2D eigenvalue weighted by molar-refractivity contribution is 5.46. The average molecular weight is 353 g/mol. The number of benzene rings is 1. The van der Waals surface area contributed by atoms with Gasteiger partial charge in [-0.1, -0.05) is 0 Å². The molecule has 0 amide bonds. The second kappa shape index (κ2) is 6.07. The maximum Gasteiger partial charge on any atom is 0.352 e. The van der Waals surface area contributed by atoms with E-state index in [9.17, 15) is 18.0 Å². The Hall–Kier alpha value is -2.55. The normalized spacial score (nSPS) is 18.8. The minimum atomic E-state index is -1.27. The van der Waals surface area contributed by atoms with Crippen LogP contribution in [0.2, 0.25) is 0 Å². The number of halogens is 3. The molecule has 2 aliphatic heterocycles. The molecule has 1 saturated heterocycles. The van der Waals surface area contributed by atoms with Crippen LogP contribution in [0.15, 0.2) is 23.0 Å². The second-order valence-electron chi connectivity index (χ2n) is 5.94. The van der Waals surface area contributed by atoms with Crippen molar-refractivity contribution >= 4 is 5.82 Å². The van der Waals surface area contributed by atoms with Crippen molar-refractivity contribution in [3.63, 3.8) is 0 Å². The second-order valence-corrected chi connectivity index (χ2v) is 5.94. The predicted molar refractivity (Wildman–Crippen MR) is 80.8 cm³/mol. The molecule has 1 atom stereocenters. The summed E-state index contributed by atoms with van der Waals surface area (Å²) < 4.78 is 52.1. The average Bonchev–Trinajstić information content (AvgIpc) is 2.96. The molecular formula is C16H14F3N3O3. The van der Waals surface area contributed by atoms with Crippen molar-refractivity contribution in [2.75, 3.05) is 18.2 Å². The Morgan fingerprint density at radius 1 is 1.20 bits per heavy atom. The van der Waals surface area contributed by atoms with Gasteiger partial charge in [-0.2, -0.15) is 4.98 Å². The molecule has 0 N–H and O–H groups in total. The Kier molecular flexibility index (Phi) is 3.87. The summed E-state index contributed by atoms with van der Waals surface area (Å²) in [6.07, 6.45) is 0.803. The summed E-state index contributed by atoms with van der Waals surface area (Å²) in [7, 11) is 0. The van der Waals surface area contributed by atoms with Crippen molar-refractivity contribution in [1.82, 2.24) is 9.55 Å². The summed E-state index contributed by atoms with van der Waals surface area (Å²) in [6, 6.07) is 2.91. The third-order valence-electron chi connectivity index (χ3n) is 4.38. The van der Waals surface area contributed by atoms with E-state index in [0.717, 1.165) is 12.5 Å². The Labute approximate surface area is 140 Å². The van der Waals surface area contributed by atoms with Crippen molar-refractivity contribution < 1.29 is 22.6 Å². The number of anilines is 1. The van der Waals surface area contributed by atoms with E-state index in [4.69, 9.17) is 9.47 Å². The van der Waals surface area contributed by atoms with Gasteiger partial charge in [0.1, 0.15) is 25.0 Å². The molecule has 2 aliphatic rings. The van der Waals surface area contributed by atoms with Gasteiger partial charge in [0.25, 0.3) is 0 Å². The van der Waals surface area contributed by atoms with Crippen LogP contribution in [0, 0.1) is 17.5 Å². The first-order chi connectivity index (χ1) is 12.0. The SMILES string of the molecule is O=c1nc(OCc2cc(F)c(F)cc2F)cc2n1CC1CCOCN21. The number of nitrogens with zero attached hydrogens (tertiary/aromatic N) is 3. The van der Waals surface area contributed by atoms with Crippen LogP contribution in [-0.2, 0) is 17.9 Å². The van der Waals surface area contributed by atoms with E-state index in [2.05, 4.69) is 4.98 Å². The van der Waals surface area contributed by atoms with Gasteiger partial charge < -0.3 is 14.4 Å². The molecule has 1 aromatic heterocycles. The summed E-state index contributed by atoms with van der Waals surface area (Å²) >= 11 is 0. The van der Waals surface area contributed by atoms with Crippen LogP contribution in [0.4, 0.5) is 19.0 Å². The van der Waals surface area contributed by atoms with Crippen molar-refractivity contribution in [2.24, 2.45) is 0 Å².